The zero-order valence-electron chi connectivity index (χ0n) is 24.3. The molecule has 0 unspecified atom stereocenters. The molecule has 1 aromatic carbocycles. The van der Waals surface area contributed by atoms with Crippen molar-refractivity contribution in [1.82, 2.24) is 43.8 Å². The Hall–Kier alpha value is -4.76. The number of imidazole rings is 1. The highest BCUT2D eigenvalue weighted by Crippen LogP contribution is 2.24. The van der Waals surface area contributed by atoms with Crippen LogP contribution in [-0.4, -0.2) is 104 Å². The highest BCUT2D eigenvalue weighted by atomic mass is 19.1. The van der Waals surface area contributed by atoms with Gasteiger partial charge in [0.15, 0.2) is 17.1 Å². The molecule has 1 amide bonds. The number of furan rings is 1. The number of likely N-dealkylation sites (N-methyl/N-ethyl adjacent to an activating group) is 1. The number of aryl methyl sites for hydroxylation is 1. The van der Waals surface area contributed by atoms with Crippen molar-refractivity contribution in [2.45, 2.75) is 6.54 Å². The maximum absolute atomic E-state index is 15.0. The van der Waals surface area contributed by atoms with Gasteiger partial charge >= 0.3 is 5.69 Å². The van der Waals surface area contributed by atoms with Gasteiger partial charge in [-0.15, -0.1) is 5.10 Å². The first kappa shape index (κ1) is 28.4. The molecule has 15 heteroatoms. The summed E-state index contributed by atoms with van der Waals surface area (Å²) in [6.45, 7) is 4.76. The van der Waals surface area contributed by atoms with Gasteiger partial charge in [-0.1, -0.05) is 0 Å². The molecule has 226 valence electrons. The average Bonchev–Trinajstić information content (AvgIpc) is 3.72. The number of amides is 1. The number of nitrogens with zero attached hydrogens (tertiary/aromatic N) is 9. The second-order valence-electron chi connectivity index (χ2n) is 10.8. The molecule has 0 aliphatic carbocycles. The Bertz CT molecular complexity index is 1830. The molecule has 1 aliphatic heterocycles. The number of halogens is 1. The number of piperazine rings is 1. The average molecular weight is 592 g/mol. The number of aromatic nitrogens is 6. The molecule has 5 aromatic rings. The maximum atomic E-state index is 15.0. The summed E-state index contributed by atoms with van der Waals surface area (Å²) in [4.78, 5) is 40.9. The van der Waals surface area contributed by atoms with Crippen LogP contribution in [0.25, 0.3) is 28.4 Å². The highest BCUT2D eigenvalue weighted by Gasteiger charge is 2.24. The summed E-state index contributed by atoms with van der Waals surface area (Å²) in [7, 11) is 5.52. The van der Waals surface area contributed by atoms with E-state index in [1.54, 1.807) is 35.9 Å². The van der Waals surface area contributed by atoms with E-state index < -0.39 is 5.82 Å². The fourth-order valence-corrected chi connectivity index (χ4v) is 5.35. The van der Waals surface area contributed by atoms with Gasteiger partial charge in [0, 0.05) is 65.0 Å². The lowest BCUT2D eigenvalue weighted by Gasteiger charge is -2.36. The number of fused-ring (bicyclic) bond motifs is 3. The van der Waals surface area contributed by atoms with Crippen molar-refractivity contribution >= 4 is 34.4 Å². The Morgan fingerprint density at radius 3 is 2.60 bits per heavy atom. The second-order valence-corrected chi connectivity index (χ2v) is 10.8. The molecule has 1 aliphatic rings. The summed E-state index contributed by atoms with van der Waals surface area (Å²) < 4.78 is 24.9. The van der Waals surface area contributed by atoms with E-state index in [0.717, 1.165) is 0 Å². The molecule has 0 atom stereocenters. The van der Waals surface area contributed by atoms with Crippen molar-refractivity contribution in [3.05, 3.63) is 58.5 Å². The van der Waals surface area contributed by atoms with E-state index in [1.807, 2.05) is 23.9 Å². The number of benzene rings is 1. The van der Waals surface area contributed by atoms with E-state index in [-0.39, 0.29) is 17.5 Å². The smallest absolute Gasteiger partial charge is 0.330 e. The predicted octanol–water partition coefficient (Wildman–Crippen LogP) is 0.873. The Morgan fingerprint density at radius 2 is 1.91 bits per heavy atom. The molecule has 14 nitrogen and oxygen atoms in total. The van der Waals surface area contributed by atoms with Crippen molar-refractivity contribution in [2.75, 3.05) is 70.5 Å². The lowest BCUT2D eigenvalue weighted by Crippen LogP contribution is -2.47. The van der Waals surface area contributed by atoms with Gasteiger partial charge in [-0.25, -0.2) is 14.2 Å². The first-order chi connectivity index (χ1) is 20.7. The summed E-state index contributed by atoms with van der Waals surface area (Å²) in [5.74, 6) is 0.226. The number of hydrogen-bond donors (Lipinski definition) is 2. The Kier molecular flexibility index (Phi) is 7.58. The van der Waals surface area contributed by atoms with Crippen molar-refractivity contribution in [2.24, 2.45) is 7.05 Å². The van der Waals surface area contributed by atoms with Crippen LogP contribution in [0.2, 0.25) is 0 Å². The molecular weight excluding hydrogens is 557 g/mol. The van der Waals surface area contributed by atoms with Crippen LogP contribution in [0.4, 0.5) is 16.0 Å². The number of anilines is 2. The van der Waals surface area contributed by atoms with Gasteiger partial charge in [0.25, 0.3) is 5.91 Å². The molecule has 3 N–H and O–H groups in total. The van der Waals surface area contributed by atoms with Gasteiger partial charge in [-0.05, 0) is 44.4 Å². The van der Waals surface area contributed by atoms with E-state index in [2.05, 4.69) is 25.3 Å². The molecule has 1 fully saturated rings. The van der Waals surface area contributed by atoms with Crippen LogP contribution in [0, 0.1) is 5.82 Å². The largest absolute Gasteiger partial charge is 0.461 e. The minimum absolute atomic E-state index is 0.111. The second kappa shape index (κ2) is 11.5. The van der Waals surface area contributed by atoms with Gasteiger partial charge in [-0.2, -0.15) is 9.50 Å². The van der Waals surface area contributed by atoms with Gasteiger partial charge < -0.3 is 25.3 Å². The fraction of sp³-hybridized carbons (Fsp3) is 0.393. The van der Waals surface area contributed by atoms with Crippen LogP contribution in [0.15, 0.2) is 45.8 Å². The van der Waals surface area contributed by atoms with Crippen LogP contribution in [0.1, 0.15) is 10.4 Å². The SMILES string of the molecule is CN(C)CCNC(=O)c1ccc(N2CCN(CCn3c(=O)n(C)c4c3nc(N)n3nc(-c5ccco5)nc43)CC2)c(F)c1. The summed E-state index contributed by atoms with van der Waals surface area (Å²) >= 11 is 0. The van der Waals surface area contributed by atoms with Crippen LogP contribution >= 0.6 is 0 Å². The minimum atomic E-state index is -0.422. The van der Waals surface area contributed by atoms with E-state index in [4.69, 9.17) is 10.2 Å². The van der Waals surface area contributed by atoms with E-state index >= 15 is 4.39 Å². The Balaban J connectivity index is 1.12. The quantitative estimate of drug-likeness (QED) is 0.253. The van der Waals surface area contributed by atoms with Crippen molar-refractivity contribution in [1.29, 1.82) is 0 Å². The third kappa shape index (κ3) is 5.44. The van der Waals surface area contributed by atoms with E-state index in [9.17, 15) is 9.59 Å². The molecule has 0 bridgehead atoms. The highest BCUT2D eigenvalue weighted by molar-refractivity contribution is 5.94. The molecular formula is C28H34FN11O3. The summed E-state index contributed by atoms with van der Waals surface area (Å²) in [6, 6.07) is 8.11. The molecule has 0 spiro atoms. The van der Waals surface area contributed by atoms with Crippen LogP contribution in [0.5, 0.6) is 0 Å². The van der Waals surface area contributed by atoms with E-state index in [0.29, 0.717) is 92.0 Å². The standard InChI is InChI=1S/C28H34FN11O3/c1-35(2)9-8-31-26(41)18-6-7-20(19(29)17-18)38-13-10-37(11-14-38)12-15-39-24-22(36(3)28(39)42)25-32-23(21-5-4-16-43-21)34-40(25)27(30)33-24/h4-7,16-17H,8-15H2,1-3H3,(H2,30,33)(H,31,41). The lowest BCUT2D eigenvalue weighted by atomic mass is 10.1. The number of nitrogens with one attached hydrogen (secondary N) is 1. The third-order valence-corrected chi connectivity index (χ3v) is 7.73. The zero-order valence-corrected chi connectivity index (χ0v) is 24.3. The lowest BCUT2D eigenvalue weighted by molar-refractivity contribution is 0.0950. The molecule has 0 radical (unpaired) electrons. The maximum Gasteiger partial charge on any atom is 0.330 e. The fourth-order valence-electron chi connectivity index (χ4n) is 5.35. The summed E-state index contributed by atoms with van der Waals surface area (Å²) in [5, 5.41) is 7.22. The molecule has 6 rings (SSSR count). The number of carbonyl (C=O) groups excluding carboxylic acids is 1. The zero-order chi connectivity index (χ0) is 30.2. The van der Waals surface area contributed by atoms with Gasteiger partial charge in [0.2, 0.25) is 11.8 Å². The van der Waals surface area contributed by atoms with Gasteiger partial charge in [-0.3, -0.25) is 18.8 Å². The topological polar surface area (TPSA) is 148 Å². The number of nitrogens with two attached hydrogens (primary N) is 1. The summed E-state index contributed by atoms with van der Waals surface area (Å²) in [5.41, 5.74) is 8.14. The Labute approximate surface area is 246 Å². The first-order valence-corrected chi connectivity index (χ1v) is 14.1. The summed E-state index contributed by atoms with van der Waals surface area (Å²) in [6.07, 6.45) is 1.53. The molecule has 5 heterocycles. The van der Waals surface area contributed by atoms with E-state index in [1.165, 1.54) is 21.4 Å². The van der Waals surface area contributed by atoms with Crippen LogP contribution in [0.3, 0.4) is 0 Å². The van der Waals surface area contributed by atoms with Crippen molar-refractivity contribution < 1.29 is 13.6 Å². The van der Waals surface area contributed by atoms with Crippen LogP contribution < -0.4 is 21.6 Å². The van der Waals surface area contributed by atoms with Gasteiger partial charge in [0.05, 0.1) is 12.0 Å². The first-order valence-electron chi connectivity index (χ1n) is 14.1. The Morgan fingerprint density at radius 1 is 1.12 bits per heavy atom. The predicted molar refractivity (Wildman–Crippen MR) is 160 cm³/mol. The van der Waals surface area contributed by atoms with Crippen LogP contribution in [-0.2, 0) is 13.6 Å². The minimum Gasteiger partial charge on any atom is -0.461 e. The number of nitrogen functional groups attached to an aromatic ring is 1. The normalized spacial score (nSPS) is 14.4. The number of rotatable bonds is 9. The van der Waals surface area contributed by atoms with Crippen molar-refractivity contribution in [3.8, 4) is 11.6 Å². The van der Waals surface area contributed by atoms with Gasteiger partial charge in [0.1, 0.15) is 11.3 Å². The molecule has 0 saturated carbocycles. The third-order valence-electron chi connectivity index (χ3n) is 7.73. The molecule has 4 aromatic heterocycles. The molecule has 43 heavy (non-hydrogen) atoms. The molecule has 1 saturated heterocycles. The van der Waals surface area contributed by atoms with Crippen molar-refractivity contribution in [3.63, 3.8) is 0 Å². The monoisotopic (exact) mass is 591 g/mol. The number of hydrogen-bond acceptors (Lipinski definition) is 10. The number of carbonyl (C=O) groups is 1.